The van der Waals surface area contributed by atoms with Crippen LogP contribution in [0.2, 0.25) is 0 Å². The molecule has 19 heavy (non-hydrogen) atoms. The quantitative estimate of drug-likeness (QED) is 0.862. The van der Waals surface area contributed by atoms with Gasteiger partial charge in [-0.2, -0.15) is 31.4 Å². The number of alkyl halides is 6. The Bertz CT molecular complexity index is 396. The van der Waals surface area contributed by atoms with Gasteiger partial charge in [0.1, 0.15) is 12.2 Å². The van der Waals surface area contributed by atoms with E-state index in [4.69, 9.17) is 5.73 Å². The summed E-state index contributed by atoms with van der Waals surface area (Å²) in [6.45, 7) is 1.92. The van der Waals surface area contributed by atoms with E-state index in [0.717, 1.165) is 6.33 Å². The van der Waals surface area contributed by atoms with Crippen molar-refractivity contribution in [3.8, 4) is 0 Å². The maximum atomic E-state index is 12.4. The van der Waals surface area contributed by atoms with Crippen LogP contribution in [0.1, 0.15) is 12.7 Å². The summed E-state index contributed by atoms with van der Waals surface area (Å²) in [6, 6.07) is -2.16. The van der Waals surface area contributed by atoms with Crippen LogP contribution in [0.4, 0.5) is 26.3 Å². The maximum absolute atomic E-state index is 12.4. The van der Waals surface area contributed by atoms with Gasteiger partial charge in [-0.3, -0.25) is 4.68 Å². The summed E-state index contributed by atoms with van der Waals surface area (Å²) in [4.78, 5) is 3.61. The van der Waals surface area contributed by atoms with E-state index < -0.39 is 30.7 Å². The predicted octanol–water partition coefficient (Wildman–Crippen LogP) is 1.91. The van der Waals surface area contributed by atoms with Crippen LogP contribution in [-0.4, -0.2) is 33.2 Å². The average Bonchev–Trinajstić information content (AvgIpc) is 2.59. The molecule has 1 aromatic rings. The van der Waals surface area contributed by atoms with Crippen molar-refractivity contribution in [1.29, 1.82) is 0 Å². The Balaban J connectivity index is 2.93. The summed E-state index contributed by atoms with van der Waals surface area (Å²) < 4.78 is 75.8. The molecule has 0 fully saturated rings. The third-order valence-electron chi connectivity index (χ3n) is 2.55. The summed E-state index contributed by atoms with van der Waals surface area (Å²) in [6.07, 6.45) is -10.5. The van der Waals surface area contributed by atoms with E-state index in [2.05, 4.69) is 10.1 Å². The van der Waals surface area contributed by atoms with Crippen molar-refractivity contribution in [3.05, 3.63) is 12.2 Å². The molecule has 10 heteroatoms. The molecule has 1 unspecified atom stereocenters. The molecule has 0 saturated carbocycles. The van der Waals surface area contributed by atoms with Gasteiger partial charge in [0.15, 0.2) is 5.92 Å². The zero-order valence-electron chi connectivity index (χ0n) is 9.83. The lowest BCUT2D eigenvalue weighted by Gasteiger charge is -2.27. The van der Waals surface area contributed by atoms with Gasteiger partial charge >= 0.3 is 12.4 Å². The first kappa shape index (κ1) is 15.7. The molecule has 110 valence electrons. The third kappa shape index (κ3) is 3.82. The minimum Gasteiger partial charge on any atom is -0.326 e. The molecule has 0 aliphatic rings. The van der Waals surface area contributed by atoms with Crippen molar-refractivity contribution in [3.63, 3.8) is 0 Å². The Morgan fingerprint density at radius 1 is 1.21 bits per heavy atom. The fourth-order valence-corrected chi connectivity index (χ4v) is 1.71. The summed E-state index contributed by atoms with van der Waals surface area (Å²) in [7, 11) is 0. The second kappa shape index (κ2) is 5.35. The Kier molecular flexibility index (Phi) is 4.43. The van der Waals surface area contributed by atoms with Gasteiger partial charge in [-0.1, -0.05) is 0 Å². The number of hydrogen-bond donors (Lipinski definition) is 1. The SMILES string of the molecule is CCn1ncnc1CC(N)C(C(F)(F)F)C(F)(F)F. The maximum Gasteiger partial charge on any atom is 0.402 e. The van der Waals surface area contributed by atoms with E-state index in [1.54, 1.807) is 6.92 Å². The van der Waals surface area contributed by atoms with E-state index in [1.165, 1.54) is 4.68 Å². The number of rotatable bonds is 4. The third-order valence-corrected chi connectivity index (χ3v) is 2.55. The molecule has 4 nitrogen and oxygen atoms in total. The highest BCUT2D eigenvalue weighted by molar-refractivity contribution is 4.94. The second-order valence-electron chi connectivity index (χ2n) is 3.92. The summed E-state index contributed by atoms with van der Waals surface area (Å²) >= 11 is 0. The molecule has 0 aromatic carbocycles. The van der Waals surface area contributed by atoms with Crippen molar-refractivity contribution in [2.75, 3.05) is 0 Å². The van der Waals surface area contributed by atoms with Crippen LogP contribution < -0.4 is 5.73 Å². The molecule has 1 atom stereocenters. The van der Waals surface area contributed by atoms with Crippen LogP contribution in [0.15, 0.2) is 6.33 Å². The smallest absolute Gasteiger partial charge is 0.326 e. The number of nitrogens with zero attached hydrogens (tertiary/aromatic N) is 3. The average molecular weight is 290 g/mol. The topological polar surface area (TPSA) is 56.7 Å². The summed E-state index contributed by atoms with van der Waals surface area (Å²) in [5.41, 5.74) is 5.08. The number of nitrogens with two attached hydrogens (primary N) is 1. The molecule has 2 N–H and O–H groups in total. The molecule has 0 aliphatic carbocycles. The molecule has 0 bridgehead atoms. The van der Waals surface area contributed by atoms with Crippen molar-refractivity contribution in [2.45, 2.75) is 38.3 Å². The summed E-state index contributed by atoms with van der Waals surface area (Å²) in [5, 5.41) is 3.66. The minimum absolute atomic E-state index is 0.00602. The fraction of sp³-hybridized carbons (Fsp3) is 0.778. The Hall–Kier alpha value is -1.32. The number of hydrogen-bond acceptors (Lipinski definition) is 3. The first-order chi connectivity index (χ1) is 8.57. The van der Waals surface area contributed by atoms with Crippen LogP contribution in [-0.2, 0) is 13.0 Å². The molecule has 0 saturated heterocycles. The standard InChI is InChI=1S/C9H12F6N4/c1-2-19-6(17-4-18-19)3-5(16)7(8(10,11)12)9(13,14)15/h4-5,7H,2-3,16H2,1H3. The zero-order chi connectivity index (χ0) is 14.8. The van der Waals surface area contributed by atoms with Crippen LogP contribution in [0, 0.1) is 5.92 Å². The normalized spacial score (nSPS) is 15.0. The zero-order valence-corrected chi connectivity index (χ0v) is 9.83. The van der Waals surface area contributed by atoms with E-state index in [-0.39, 0.29) is 12.4 Å². The van der Waals surface area contributed by atoms with E-state index in [1.807, 2.05) is 0 Å². The summed E-state index contributed by atoms with van der Waals surface area (Å²) in [5.74, 6) is -3.59. The van der Waals surface area contributed by atoms with Gasteiger partial charge in [0, 0.05) is 19.0 Å². The van der Waals surface area contributed by atoms with Gasteiger partial charge in [0.05, 0.1) is 0 Å². The van der Waals surface area contributed by atoms with Crippen molar-refractivity contribution < 1.29 is 26.3 Å². The van der Waals surface area contributed by atoms with Crippen LogP contribution in [0.3, 0.4) is 0 Å². The van der Waals surface area contributed by atoms with Crippen molar-refractivity contribution in [2.24, 2.45) is 11.7 Å². The minimum atomic E-state index is -5.45. The van der Waals surface area contributed by atoms with E-state index in [0.29, 0.717) is 0 Å². The van der Waals surface area contributed by atoms with Crippen molar-refractivity contribution >= 4 is 0 Å². The molecule has 1 heterocycles. The molecule has 1 aromatic heterocycles. The molecular weight excluding hydrogens is 278 g/mol. The molecule has 0 spiro atoms. The highest BCUT2D eigenvalue weighted by Crippen LogP contribution is 2.41. The first-order valence-corrected chi connectivity index (χ1v) is 5.33. The Morgan fingerprint density at radius 2 is 1.74 bits per heavy atom. The number of halogens is 6. The number of aromatic nitrogens is 3. The number of aryl methyl sites for hydroxylation is 1. The Morgan fingerprint density at radius 3 is 2.16 bits per heavy atom. The lowest BCUT2D eigenvalue weighted by molar-refractivity contribution is -0.289. The van der Waals surface area contributed by atoms with Crippen LogP contribution in [0.25, 0.3) is 0 Å². The molecule has 0 aliphatic heterocycles. The van der Waals surface area contributed by atoms with Crippen LogP contribution in [0.5, 0.6) is 0 Å². The van der Waals surface area contributed by atoms with Crippen LogP contribution >= 0.6 is 0 Å². The van der Waals surface area contributed by atoms with Gasteiger partial charge in [-0.05, 0) is 6.92 Å². The molecule has 1 rings (SSSR count). The van der Waals surface area contributed by atoms with Gasteiger partial charge < -0.3 is 5.73 Å². The highest BCUT2D eigenvalue weighted by Gasteiger charge is 2.59. The first-order valence-electron chi connectivity index (χ1n) is 5.33. The van der Waals surface area contributed by atoms with Gasteiger partial charge in [0.2, 0.25) is 0 Å². The highest BCUT2D eigenvalue weighted by atomic mass is 19.4. The monoisotopic (exact) mass is 290 g/mol. The van der Waals surface area contributed by atoms with Gasteiger partial charge in [-0.15, -0.1) is 0 Å². The lowest BCUT2D eigenvalue weighted by Crippen LogP contribution is -2.50. The second-order valence-corrected chi connectivity index (χ2v) is 3.92. The molecule has 0 amide bonds. The lowest BCUT2D eigenvalue weighted by atomic mass is 9.96. The molecular formula is C9H12F6N4. The molecule has 0 radical (unpaired) electrons. The Labute approximate surface area is 104 Å². The largest absolute Gasteiger partial charge is 0.402 e. The predicted molar refractivity (Wildman–Crippen MR) is 53.0 cm³/mol. The van der Waals surface area contributed by atoms with E-state index >= 15 is 0 Å². The fourth-order valence-electron chi connectivity index (χ4n) is 1.71. The van der Waals surface area contributed by atoms with Gasteiger partial charge in [0.25, 0.3) is 0 Å². The van der Waals surface area contributed by atoms with Gasteiger partial charge in [-0.25, -0.2) is 4.98 Å². The van der Waals surface area contributed by atoms with E-state index in [9.17, 15) is 26.3 Å². The van der Waals surface area contributed by atoms with Crippen molar-refractivity contribution in [1.82, 2.24) is 14.8 Å².